The quantitative estimate of drug-likeness (QED) is 0.718. The van der Waals surface area contributed by atoms with E-state index in [0.29, 0.717) is 10.2 Å². The first-order valence-electron chi connectivity index (χ1n) is 6.38. The zero-order chi connectivity index (χ0) is 14.1. The Balaban J connectivity index is 2.28. The van der Waals surface area contributed by atoms with E-state index in [2.05, 4.69) is 38.5 Å². The van der Waals surface area contributed by atoms with E-state index in [-0.39, 0.29) is 0 Å². The highest BCUT2D eigenvalue weighted by atomic mass is 79.9. The average Bonchev–Trinajstić information content (AvgIpc) is 3.02. The summed E-state index contributed by atoms with van der Waals surface area (Å²) in [6.45, 7) is 3.00. The Morgan fingerprint density at radius 1 is 1.40 bits per heavy atom. The monoisotopic (exact) mass is 329 g/mol. The highest BCUT2D eigenvalue weighted by Crippen LogP contribution is 2.31. The number of aryl methyl sites for hydroxylation is 1. The average molecular weight is 330 g/mol. The Kier molecular flexibility index (Phi) is 3.33. The zero-order valence-corrected chi connectivity index (χ0v) is 12.5. The molecule has 0 radical (unpaired) electrons. The summed E-state index contributed by atoms with van der Waals surface area (Å²) in [7, 11) is 0. The molecule has 0 spiro atoms. The molecule has 0 unspecified atom stereocenters. The minimum atomic E-state index is 0.622. The number of hydrogen-bond donors (Lipinski definition) is 0. The fourth-order valence-corrected chi connectivity index (χ4v) is 2.73. The van der Waals surface area contributed by atoms with Gasteiger partial charge in [0, 0.05) is 6.54 Å². The Bertz CT molecular complexity index is 810. The number of aromatic nitrogens is 2. The second-order valence-electron chi connectivity index (χ2n) is 4.51. The lowest BCUT2D eigenvalue weighted by molar-refractivity contribution is 0.541. The summed E-state index contributed by atoms with van der Waals surface area (Å²) in [5.41, 5.74) is 3.42. The molecule has 100 valence electrons. The fraction of sp³-hybridized carbons (Fsp3) is 0.200. The molecule has 0 bridgehead atoms. The summed E-state index contributed by atoms with van der Waals surface area (Å²) in [5, 5.41) is 9.00. The molecule has 0 N–H and O–H groups in total. The van der Waals surface area contributed by atoms with Crippen molar-refractivity contribution in [1.82, 2.24) is 9.55 Å². The number of nitriles is 1. The first kappa shape index (κ1) is 12.9. The van der Waals surface area contributed by atoms with Gasteiger partial charge in [0.2, 0.25) is 0 Å². The van der Waals surface area contributed by atoms with Crippen molar-refractivity contribution in [3.8, 4) is 17.5 Å². The summed E-state index contributed by atoms with van der Waals surface area (Å²) >= 11 is 3.40. The van der Waals surface area contributed by atoms with Gasteiger partial charge in [0.1, 0.15) is 5.82 Å². The highest BCUT2D eigenvalue weighted by Gasteiger charge is 2.16. The Morgan fingerprint density at radius 3 is 2.90 bits per heavy atom. The molecule has 0 aliphatic carbocycles. The lowest BCUT2D eigenvalue weighted by Gasteiger charge is -2.06. The SMILES string of the molecule is CCCn1c(-c2ccoc2Br)nc2cc(C#N)ccc21. The van der Waals surface area contributed by atoms with Crippen LogP contribution in [-0.4, -0.2) is 9.55 Å². The third kappa shape index (κ3) is 2.02. The molecule has 0 aliphatic rings. The van der Waals surface area contributed by atoms with Crippen LogP contribution < -0.4 is 0 Å². The van der Waals surface area contributed by atoms with Gasteiger partial charge in [-0.25, -0.2) is 4.98 Å². The molecular weight excluding hydrogens is 318 g/mol. The van der Waals surface area contributed by atoms with Crippen LogP contribution in [0.4, 0.5) is 0 Å². The van der Waals surface area contributed by atoms with Gasteiger partial charge in [0.25, 0.3) is 0 Å². The van der Waals surface area contributed by atoms with Gasteiger partial charge in [-0.05, 0) is 46.6 Å². The maximum absolute atomic E-state index is 9.00. The van der Waals surface area contributed by atoms with Gasteiger partial charge >= 0.3 is 0 Å². The van der Waals surface area contributed by atoms with E-state index in [1.807, 2.05) is 24.3 Å². The Labute approximate surface area is 124 Å². The van der Waals surface area contributed by atoms with Crippen molar-refractivity contribution in [1.29, 1.82) is 5.26 Å². The predicted molar refractivity (Wildman–Crippen MR) is 80.1 cm³/mol. The number of rotatable bonds is 3. The van der Waals surface area contributed by atoms with Gasteiger partial charge < -0.3 is 8.98 Å². The Hall–Kier alpha value is -2.06. The van der Waals surface area contributed by atoms with Gasteiger partial charge in [-0.15, -0.1) is 0 Å². The molecule has 0 amide bonds. The minimum Gasteiger partial charge on any atom is -0.457 e. The van der Waals surface area contributed by atoms with Crippen molar-refractivity contribution in [2.24, 2.45) is 0 Å². The van der Waals surface area contributed by atoms with E-state index in [1.165, 1.54) is 0 Å². The fourth-order valence-electron chi connectivity index (χ4n) is 2.31. The molecule has 0 atom stereocenters. The van der Waals surface area contributed by atoms with Crippen LogP contribution in [0.5, 0.6) is 0 Å². The molecule has 0 saturated heterocycles. The summed E-state index contributed by atoms with van der Waals surface area (Å²) in [4.78, 5) is 4.67. The van der Waals surface area contributed by atoms with E-state index in [9.17, 15) is 0 Å². The molecular formula is C15H12BrN3O. The molecule has 20 heavy (non-hydrogen) atoms. The highest BCUT2D eigenvalue weighted by molar-refractivity contribution is 9.10. The first-order chi connectivity index (χ1) is 9.74. The zero-order valence-electron chi connectivity index (χ0n) is 10.9. The number of hydrogen-bond acceptors (Lipinski definition) is 3. The molecule has 2 heterocycles. The van der Waals surface area contributed by atoms with Gasteiger partial charge in [-0.1, -0.05) is 6.92 Å². The maximum Gasteiger partial charge on any atom is 0.179 e. The second-order valence-corrected chi connectivity index (χ2v) is 5.23. The van der Waals surface area contributed by atoms with E-state index in [0.717, 1.165) is 35.4 Å². The van der Waals surface area contributed by atoms with Crippen LogP contribution in [0.3, 0.4) is 0 Å². The van der Waals surface area contributed by atoms with E-state index in [1.54, 1.807) is 6.26 Å². The lowest BCUT2D eigenvalue weighted by atomic mass is 10.2. The number of halogens is 1. The van der Waals surface area contributed by atoms with Gasteiger partial charge in [-0.3, -0.25) is 0 Å². The van der Waals surface area contributed by atoms with Crippen molar-refractivity contribution >= 4 is 27.0 Å². The van der Waals surface area contributed by atoms with Crippen molar-refractivity contribution in [3.05, 3.63) is 40.8 Å². The Morgan fingerprint density at radius 2 is 2.25 bits per heavy atom. The number of nitrogens with zero attached hydrogens (tertiary/aromatic N) is 3. The lowest BCUT2D eigenvalue weighted by Crippen LogP contribution is -1.99. The molecule has 0 saturated carbocycles. The van der Waals surface area contributed by atoms with Crippen molar-refractivity contribution in [2.75, 3.05) is 0 Å². The summed E-state index contributed by atoms with van der Waals surface area (Å²) in [6, 6.07) is 9.64. The summed E-state index contributed by atoms with van der Waals surface area (Å²) < 4.78 is 8.13. The molecule has 0 fully saturated rings. The van der Waals surface area contributed by atoms with Crippen LogP contribution in [0.1, 0.15) is 18.9 Å². The van der Waals surface area contributed by atoms with E-state index in [4.69, 9.17) is 9.68 Å². The number of furan rings is 1. The number of benzene rings is 1. The van der Waals surface area contributed by atoms with Gasteiger partial charge in [0.15, 0.2) is 4.67 Å². The van der Waals surface area contributed by atoms with Crippen LogP contribution in [-0.2, 0) is 6.54 Å². The minimum absolute atomic E-state index is 0.622. The van der Waals surface area contributed by atoms with Gasteiger partial charge in [0.05, 0.1) is 34.5 Å². The smallest absolute Gasteiger partial charge is 0.179 e. The molecule has 1 aromatic carbocycles. The largest absolute Gasteiger partial charge is 0.457 e. The topological polar surface area (TPSA) is 54.8 Å². The predicted octanol–water partition coefficient (Wildman–Crippen LogP) is 4.34. The molecule has 0 aliphatic heterocycles. The van der Waals surface area contributed by atoms with Crippen molar-refractivity contribution in [3.63, 3.8) is 0 Å². The molecule has 5 heteroatoms. The van der Waals surface area contributed by atoms with Crippen molar-refractivity contribution < 1.29 is 4.42 Å². The van der Waals surface area contributed by atoms with Gasteiger partial charge in [-0.2, -0.15) is 5.26 Å². The first-order valence-corrected chi connectivity index (χ1v) is 7.17. The summed E-state index contributed by atoms with van der Waals surface area (Å²) in [6.07, 6.45) is 2.64. The van der Waals surface area contributed by atoms with E-state index >= 15 is 0 Å². The summed E-state index contributed by atoms with van der Waals surface area (Å²) in [5.74, 6) is 0.859. The number of imidazole rings is 1. The normalized spacial score (nSPS) is 10.8. The van der Waals surface area contributed by atoms with Crippen LogP contribution in [0.2, 0.25) is 0 Å². The molecule has 3 aromatic rings. The van der Waals surface area contributed by atoms with Crippen molar-refractivity contribution in [2.45, 2.75) is 19.9 Å². The van der Waals surface area contributed by atoms with Crippen LogP contribution in [0.25, 0.3) is 22.4 Å². The van der Waals surface area contributed by atoms with E-state index < -0.39 is 0 Å². The third-order valence-electron chi connectivity index (χ3n) is 3.18. The van der Waals surface area contributed by atoms with Crippen LogP contribution in [0.15, 0.2) is 39.6 Å². The maximum atomic E-state index is 9.00. The van der Waals surface area contributed by atoms with Crippen LogP contribution >= 0.6 is 15.9 Å². The molecule has 3 rings (SSSR count). The second kappa shape index (κ2) is 5.14. The third-order valence-corrected chi connectivity index (χ3v) is 3.80. The van der Waals surface area contributed by atoms with Crippen LogP contribution in [0, 0.1) is 11.3 Å². The number of fused-ring (bicyclic) bond motifs is 1. The standard InChI is InChI=1S/C15H12BrN3O/c1-2-6-19-13-4-3-10(9-17)8-12(13)18-15(19)11-5-7-20-14(11)16/h3-5,7-8H,2,6H2,1H3. The molecule has 4 nitrogen and oxygen atoms in total. The molecule has 2 aromatic heterocycles.